The highest BCUT2D eigenvalue weighted by molar-refractivity contribution is 6.30. The summed E-state index contributed by atoms with van der Waals surface area (Å²) in [6.07, 6.45) is 2.08. The van der Waals surface area contributed by atoms with Crippen molar-refractivity contribution in [3.63, 3.8) is 0 Å². The molecule has 1 aromatic rings. The maximum atomic E-state index is 5.99. The van der Waals surface area contributed by atoms with Crippen LogP contribution in [0, 0.1) is 0 Å². The minimum Gasteiger partial charge on any atom is -0.493 e. The van der Waals surface area contributed by atoms with Gasteiger partial charge in [0.1, 0.15) is 0 Å². The Morgan fingerprint density at radius 2 is 1.94 bits per heavy atom. The lowest BCUT2D eigenvalue weighted by Crippen LogP contribution is -2.16. The van der Waals surface area contributed by atoms with E-state index in [4.69, 9.17) is 26.8 Å². The summed E-state index contributed by atoms with van der Waals surface area (Å²) in [6.45, 7) is 4.57. The van der Waals surface area contributed by atoms with E-state index in [-0.39, 0.29) is 6.10 Å². The average Bonchev–Trinajstić information content (AvgIpc) is 2.36. The molecule has 0 heterocycles. The summed E-state index contributed by atoms with van der Waals surface area (Å²) in [4.78, 5) is 0. The molecule has 0 aliphatic rings. The first-order valence-corrected chi connectivity index (χ1v) is 6.27. The SMILES string of the molecule is CCC(CC)Oc1c(CN)cc(Cl)cc1OC. The second kappa shape index (κ2) is 6.72. The second-order valence-electron chi connectivity index (χ2n) is 3.86. The van der Waals surface area contributed by atoms with Gasteiger partial charge in [-0.25, -0.2) is 0 Å². The van der Waals surface area contributed by atoms with Crippen molar-refractivity contribution in [2.75, 3.05) is 7.11 Å². The molecule has 0 spiro atoms. The van der Waals surface area contributed by atoms with E-state index in [1.54, 1.807) is 13.2 Å². The van der Waals surface area contributed by atoms with Crippen LogP contribution in [-0.4, -0.2) is 13.2 Å². The summed E-state index contributed by atoms with van der Waals surface area (Å²) in [6, 6.07) is 3.57. The lowest BCUT2D eigenvalue weighted by molar-refractivity contribution is 0.183. The third-order valence-corrected chi connectivity index (χ3v) is 2.95. The molecular weight excluding hydrogens is 238 g/mol. The van der Waals surface area contributed by atoms with Crippen LogP contribution in [0.15, 0.2) is 12.1 Å². The fourth-order valence-electron chi connectivity index (χ4n) is 1.68. The van der Waals surface area contributed by atoms with Crippen molar-refractivity contribution in [1.82, 2.24) is 0 Å². The predicted molar refractivity (Wildman–Crippen MR) is 70.9 cm³/mol. The molecule has 0 aliphatic heterocycles. The number of methoxy groups -OCH3 is 1. The molecule has 0 saturated heterocycles. The maximum absolute atomic E-state index is 5.99. The third kappa shape index (κ3) is 3.51. The van der Waals surface area contributed by atoms with E-state index in [2.05, 4.69) is 13.8 Å². The monoisotopic (exact) mass is 257 g/mol. The van der Waals surface area contributed by atoms with Gasteiger partial charge in [0.05, 0.1) is 13.2 Å². The van der Waals surface area contributed by atoms with E-state index in [1.165, 1.54) is 0 Å². The first-order chi connectivity index (χ1) is 8.15. The standard InChI is InChI=1S/C13H20ClNO2/c1-4-11(5-2)17-13-9(8-15)6-10(14)7-12(13)16-3/h6-7,11H,4-5,8,15H2,1-3H3. The van der Waals surface area contributed by atoms with Crippen molar-refractivity contribution in [2.24, 2.45) is 5.73 Å². The fourth-order valence-corrected chi connectivity index (χ4v) is 1.91. The van der Waals surface area contributed by atoms with Gasteiger partial charge in [0.2, 0.25) is 0 Å². The Labute approximate surface area is 108 Å². The molecule has 4 heteroatoms. The van der Waals surface area contributed by atoms with E-state index in [0.717, 1.165) is 18.4 Å². The van der Waals surface area contributed by atoms with Crippen LogP contribution in [0.5, 0.6) is 11.5 Å². The Kier molecular flexibility index (Phi) is 5.59. The molecule has 0 radical (unpaired) electrons. The minimum absolute atomic E-state index is 0.176. The first kappa shape index (κ1) is 14.1. The zero-order chi connectivity index (χ0) is 12.8. The molecule has 0 saturated carbocycles. The van der Waals surface area contributed by atoms with Gasteiger partial charge in [-0.3, -0.25) is 0 Å². The molecule has 96 valence electrons. The molecule has 1 aromatic carbocycles. The van der Waals surface area contributed by atoms with Crippen molar-refractivity contribution < 1.29 is 9.47 Å². The number of rotatable bonds is 6. The van der Waals surface area contributed by atoms with Gasteiger partial charge in [-0.05, 0) is 18.9 Å². The molecule has 0 amide bonds. The van der Waals surface area contributed by atoms with Crippen LogP contribution in [0.2, 0.25) is 5.02 Å². The molecule has 2 N–H and O–H groups in total. The molecule has 0 atom stereocenters. The Hall–Kier alpha value is -0.930. The van der Waals surface area contributed by atoms with Crippen molar-refractivity contribution in [2.45, 2.75) is 39.3 Å². The Morgan fingerprint density at radius 1 is 1.29 bits per heavy atom. The van der Waals surface area contributed by atoms with Crippen molar-refractivity contribution in [3.8, 4) is 11.5 Å². The lowest BCUT2D eigenvalue weighted by Gasteiger charge is -2.20. The van der Waals surface area contributed by atoms with Gasteiger partial charge in [0.15, 0.2) is 11.5 Å². The zero-order valence-corrected chi connectivity index (χ0v) is 11.4. The van der Waals surface area contributed by atoms with E-state index in [9.17, 15) is 0 Å². The minimum atomic E-state index is 0.176. The van der Waals surface area contributed by atoms with Gasteiger partial charge >= 0.3 is 0 Å². The van der Waals surface area contributed by atoms with Gasteiger partial charge in [0, 0.05) is 23.2 Å². The number of benzene rings is 1. The van der Waals surface area contributed by atoms with Crippen LogP contribution in [0.25, 0.3) is 0 Å². The molecule has 0 unspecified atom stereocenters. The Bertz CT molecular complexity index is 339. The topological polar surface area (TPSA) is 44.5 Å². The molecule has 0 aromatic heterocycles. The lowest BCUT2D eigenvalue weighted by atomic mass is 10.1. The summed E-state index contributed by atoms with van der Waals surface area (Å²) < 4.78 is 11.2. The van der Waals surface area contributed by atoms with Crippen LogP contribution >= 0.6 is 11.6 Å². The molecular formula is C13H20ClNO2. The summed E-state index contributed by atoms with van der Waals surface area (Å²) in [5.74, 6) is 1.36. The highest BCUT2D eigenvalue weighted by Crippen LogP contribution is 2.35. The Morgan fingerprint density at radius 3 is 2.41 bits per heavy atom. The van der Waals surface area contributed by atoms with Gasteiger partial charge in [-0.1, -0.05) is 25.4 Å². The zero-order valence-electron chi connectivity index (χ0n) is 10.6. The summed E-state index contributed by atoms with van der Waals surface area (Å²) in [5, 5.41) is 0.610. The first-order valence-electron chi connectivity index (χ1n) is 5.89. The summed E-state index contributed by atoms with van der Waals surface area (Å²) >= 11 is 5.99. The highest BCUT2D eigenvalue weighted by Gasteiger charge is 2.15. The van der Waals surface area contributed by atoms with Crippen molar-refractivity contribution in [1.29, 1.82) is 0 Å². The molecule has 0 bridgehead atoms. The van der Waals surface area contributed by atoms with Gasteiger partial charge in [0.25, 0.3) is 0 Å². The number of hydrogen-bond acceptors (Lipinski definition) is 3. The largest absolute Gasteiger partial charge is 0.493 e. The third-order valence-electron chi connectivity index (χ3n) is 2.73. The molecule has 0 aliphatic carbocycles. The normalized spacial score (nSPS) is 10.7. The second-order valence-corrected chi connectivity index (χ2v) is 4.29. The van der Waals surface area contributed by atoms with E-state index in [0.29, 0.717) is 23.1 Å². The van der Waals surface area contributed by atoms with E-state index in [1.807, 2.05) is 6.07 Å². The van der Waals surface area contributed by atoms with Crippen LogP contribution in [-0.2, 0) is 6.54 Å². The van der Waals surface area contributed by atoms with E-state index < -0.39 is 0 Å². The number of halogens is 1. The highest BCUT2D eigenvalue weighted by atomic mass is 35.5. The van der Waals surface area contributed by atoms with Crippen LogP contribution in [0.4, 0.5) is 0 Å². The van der Waals surface area contributed by atoms with Gasteiger partial charge in [-0.2, -0.15) is 0 Å². The fraction of sp³-hybridized carbons (Fsp3) is 0.538. The van der Waals surface area contributed by atoms with E-state index >= 15 is 0 Å². The Balaban J connectivity index is 3.10. The quantitative estimate of drug-likeness (QED) is 0.850. The van der Waals surface area contributed by atoms with Crippen molar-refractivity contribution in [3.05, 3.63) is 22.7 Å². The molecule has 0 fully saturated rings. The van der Waals surface area contributed by atoms with Crippen molar-refractivity contribution >= 4 is 11.6 Å². The maximum Gasteiger partial charge on any atom is 0.166 e. The molecule has 3 nitrogen and oxygen atoms in total. The number of hydrogen-bond donors (Lipinski definition) is 1. The molecule has 17 heavy (non-hydrogen) atoms. The van der Waals surface area contributed by atoms with Gasteiger partial charge in [-0.15, -0.1) is 0 Å². The number of ether oxygens (including phenoxy) is 2. The van der Waals surface area contributed by atoms with Crippen LogP contribution in [0.1, 0.15) is 32.3 Å². The predicted octanol–water partition coefficient (Wildman–Crippen LogP) is 3.37. The molecule has 1 rings (SSSR count). The van der Waals surface area contributed by atoms with Crippen LogP contribution < -0.4 is 15.2 Å². The number of nitrogens with two attached hydrogens (primary N) is 1. The van der Waals surface area contributed by atoms with Gasteiger partial charge < -0.3 is 15.2 Å². The average molecular weight is 258 g/mol. The summed E-state index contributed by atoms with van der Waals surface area (Å²) in [7, 11) is 1.60. The smallest absolute Gasteiger partial charge is 0.166 e. The summed E-state index contributed by atoms with van der Waals surface area (Å²) in [5.41, 5.74) is 6.58. The van der Waals surface area contributed by atoms with Crippen LogP contribution in [0.3, 0.4) is 0 Å².